The molecular formula is C18H19FN4OS. The summed E-state index contributed by atoms with van der Waals surface area (Å²) in [6, 6.07) is 6.52. The Hall–Kier alpha value is -2.28. The minimum absolute atomic E-state index is 0.100. The molecule has 2 aromatic heterocycles. The van der Waals surface area contributed by atoms with Gasteiger partial charge in [-0.15, -0.1) is 11.3 Å². The molecule has 1 aliphatic rings. The zero-order valence-electron chi connectivity index (χ0n) is 14.1. The summed E-state index contributed by atoms with van der Waals surface area (Å²) in [6.45, 7) is 5.01. The van der Waals surface area contributed by atoms with E-state index in [4.69, 9.17) is 9.51 Å². The molecule has 1 saturated heterocycles. The molecule has 0 N–H and O–H groups in total. The van der Waals surface area contributed by atoms with Crippen LogP contribution in [0.15, 0.2) is 34.2 Å². The van der Waals surface area contributed by atoms with Gasteiger partial charge in [0.05, 0.1) is 11.7 Å². The fourth-order valence-corrected chi connectivity index (χ4v) is 3.94. The highest BCUT2D eigenvalue weighted by atomic mass is 32.1. The van der Waals surface area contributed by atoms with E-state index in [2.05, 4.69) is 15.0 Å². The predicted molar refractivity (Wildman–Crippen MR) is 95.2 cm³/mol. The summed E-state index contributed by atoms with van der Waals surface area (Å²) in [4.78, 5) is 11.5. The van der Waals surface area contributed by atoms with Crippen LogP contribution in [-0.4, -0.2) is 21.7 Å². The van der Waals surface area contributed by atoms with Crippen LogP contribution < -0.4 is 4.90 Å². The van der Waals surface area contributed by atoms with Gasteiger partial charge in [0.1, 0.15) is 5.82 Å². The van der Waals surface area contributed by atoms with Gasteiger partial charge in [-0.05, 0) is 37.1 Å². The maximum absolute atomic E-state index is 13.1. The zero-order valence-corrected chi connectivity index (χ0v) is 15.0. The third-order valence-electron chi connectivity index (χ3n) is 4.38. The number of hydrogen-bond acceptors (Lipinski definition) is 6. The highest BCUT2D eigenvalue weighted by molar-refractivity contribution is 7.14. The summed E-state index contributed by atoms with van der Waals surface area (Å²) < 4.78 is 18.5. The van der Waals surface area contributed by atoms with E-state index in [1.165, 1.54) is 12.1 Å². The number of halogens is 1. The van der Waals surface area contributed by atoms with Crippen LogP contribution in [0.4, 0.5) is 9.52 Å². The number of hydrogen-bond donors (Lipinski definition) is 0. The fourth-order valence-electron chi connectivity index (χ4n) is 3.03. The summed E-state index contributed by atoms with van der Waals surface area (Å²) in [6.07, 6.45) is 2.06. The maximum atomic E-state index is 13.1. The van der Waals surface area contributed by atoms with Gasteiger partial charge in [0.25, 0.3) is 0 Å². The smallest absolute Gasteiger partial charge is 0.229 e. The molecule has 0 radical (unpaired) electrons. The van der Waals surface area contributed by atoms with Gasteiger partial charge < -0.3 is 9.42 Å². The van der Waals surface area contributed by atoms with Crippen molar-refractivity contribution in [3.8, 4) is 11.3 Å². The first kappa shape index (κ1) is 16.2. The number of nitrogens with zero attached hydrogens (tertiary/aromatic N) is 4. The van der Waals surface area contributed by atoms with Gasteiger partial charge >= 0.3 is 0 Å². The molecule has 1 atom stereocenters. The Morgan fingerprint density at radius 1 is 1.24 bits per heavy atom. The van der Waals surface area contributed by atoms with Crippen LogP contribution >= 0.6 is 11.3 Å². The Balaban J connectivity index is 1.59. The first-order valence-electron chi connectivity index (χ1n) is 8.43. The summed E-state index contributed by atoms with van der Waals surface area (Å²) >= 11 is 1.59. The van der Waals surface area contributed by atoms with Crippen molar-refractivity contribution in [2.75, 3.05) is 11.4 Å². The Bertz CT molecular complexity index is 858. The van der Waals surface area contributed by atoms with Crippen molar-refractivity contribution >= 4 is 16.5 Å². The van der Waals surface area contributed by atoms with Crippen molar-refractivity contribution in [1.29, 1.82) is 0 Å². The lowest BCUT2D eigenvalue weighted by atomic mass is 10.2. The molecule has 1 unspecified atom stereocenters. The molecule has 1 aliphatic heterocycles. The Morgan fingerprint density at radius 3 is 2.76 bits per heavy atom. The van der Waals surface area contributed by atoms with Crippen LogP contribution in [0, 0.1) is 5.82 Å². The number of thiazole rings is 1. The van der Waals surface area contributed by atoms with Gasteiger partial charge in [-0.2, -0.15) is 4.98 Å². The molecule has 1 aromatic carbocycles. The standard InChI is InChI=1S/C18H19FN4OS/c1-11(2)17-21-16(22-24-17)15-4-3-9-23(15)18-20-14(10-25-18)12-5-7-13(19)8-6-12/h5-8,10-11,15H,3-4,9H2,1-2H3. The van der Waals surface area contributed by atoms with Gasteiger partial charge in [0.2, 0.25) is 5.89 Å². The molecule has 7 heteroatoms. The average Bonchev–Trinajstić information content (AvgIpc) is 3.34. The van der Waals surface area contributed by atoms with Crippen molar-refractivity contribution in [2.45, 2.75) is 38.6 Å². The summed E-state index contributed by atoms with van der Waals surface area (Å²) in [7, 11) is 0. The first-order chi connectivity index (χ1) is 12.1. The molecule has 1 fully saturated rings. The molecule has 0 aliphatic carbocycles. The molecule has 0 spiro atoms. The predicted octanol–water partition coefficient (Wildman–Crippen LogP) is 4.80. The zero-order chi connectivity index (χ0) is 17.4. The summed E-state index contributed by atoms with van der Waals surface area (Å²) in [5, 5.41) is 7.13. The lowest BCUT2D eigenvalue weighted by Gasteiger charge is -2.21. The van der Waals surface area contributed by atoms with Crippen molar-refractivity contribution in [3.63, 3.8) is 0 Å². The molecule has 130 valence electrons. The van der Waals surface area contributed by atoms with Crippen molar-refractivity contribution < 1.29 is 8.91 Å². The normalized spacial score (nSPS) is 17.6. The van der Waals surface area contributed by atoms with Gasteiger partial charge in [-0.25, -0.2) is 9.37 Å². The first-order valence-corrected chi connectivity index (χ1v) is 9.31. The van der Waals surface area contributed by atoms with Crippen LogP contribution in [0.2, 0.25) is 0 Å². The lowest BCUT2D eigenvalue weighted by Crippen LogP contribution is -2.23. The van der Waals surface area contributed by atoms with E-state index in [1.54, 1.807) is 23.5 Å². The topological polar surface area (TPSA) is 55.1 Å². The van der Waals surface area contributed by atoms with Gasteiger partial charge in [0, 0.05) is 23.4 Å². The summed E-state index contributed by atoms with van der Waals surface area (Å²) in [5.74, 6) is 1.39. The van der Waals surface area contributed by atoms with E-state index in [-0.39, 0.29) is 17.8 Å². The van der Waals surface area contributed by atoms with E-state index in [0.29, 0.717) is 5.89 Å². The monoisotopic (exact) mass is 358 g/mol. The van der Waals surface area contributed by atoms with E-state index >= 15 is 0 Å². The highest BCUT2D eigenvalue weighted by Crippen LogP contribution is 2.38. The second-order valence-corrected chi connectivity index (χ2v) is 7.36. The number of rotatable bonds is 4. The van der Waals surface area contributed by atoms with Crippen LogP contribution in [0.5, 0.6) is 0 Å². The largest absolute Gasteiger partial charge is 0.339 e. The molecule has 3 aromatic rings. The highest BCUT2D eigenvalue weighted by Gasteiger charge is 2.32. The molecule has 0 saturated carbocycles. The average molecular weight is 358 g/mol. The number of anilines is 1. The van der Waals surface area contributed by atoms with Crippen LogP contribution in [0.25, 0.3) is 11.3 Å². The molecule has 4 rings (SSSR count). The minimum Gasteiger partial charge on any atom is -0.339 e. The number of aromatic nitrogens is 3. The molecule has 0 amide bonds. The Labute approximate surface area is 149 Å². The van der Waals surface area contributed by atoms with Crippen LogP contribution in [0.1, 0.15) is 50.4 Å². The maximum Gasteiger partial charge on any atom is 0.229 e. The second-order valence-electron chi connectivity index (χ2n) is 6.52. The molecule has 5 nitrogen and oxygen atoms in total. The van der Waals surface area contributed by atoms with E-state index in [1.807, 2.05) is 19.2 Å². The third-order valence-corrected chi connectivity index (χ3v) is 5.26. The van der Waals surface area contributed by atoms with Gasteiger partial charge in [-0.1, -0.05) is 19.0 Å². The lowest BCUT2D eigenvalue weighted by molar-refractivity contribution is 0.358. The van der Waals surface area contributed by atoms with Crippen molar-refractivity contribution in [2.24, 2.45) is 0 Å². The van der Waals surface area contributed by atoms with Crippen LogP contribution in [0.3, 0.4) is 0 Å². The van der Waals surface area contributed by atoms with Gasteiger partial charge in [-0.3, -0.25) is 0 Å². The van der Waals surface area contributed by atoms with Crippen molar-refractivity contribution in [1.82, 2.24) is 15.1 Å². The molecular weight excluding hydrogens is 339 g/mol. The third kappa shape index (κ3) is 3.16. The van der Waals surface area contributed by atoms with Crippen molar-refractivity contribution in [3.05, 3.63) is 47.2 Å². The molecule has 3 heterocycles. The molecule has 0 bridgehead atoms. The van der Waals surface area contributed by atoms with E-state index < -0.39 is 0 Å². The van der Waals surface area contributed by atoms with E-state index in [9.17, 15) is 4.39 Å². The van der Waals surface area contributed by atoms with Crippen LogP contribution in [-0.2, 0) is 0 Å². The van der Waals surface area contributed by atoms with E-state index in [0.717, 1.165) is 41.6 Å². The van der Waals surface area contributed by atoms with Gasteiger partial charge in [0.15, 0.2) is 11.0 Å². The second kappa shape index (κ2) is 6.55. The molecule has 25 heavy (non-hydrogen) atoms. The number of benzene rings is 1. The quantitative estimate of drug-likeness (QED) is 0.671. The Morgan fingerprint density at radius 2 is 2.04 bits per heavy atom. The summed E-state index contributed by atoms with van der Waals surface area (Å²) in [5.41, 5.74) is 1.78. The minimum atomic E-state index is -0.239. The Kier molecular flexibility index (Phi) is 4.25. The fraction of sp³-hybridized carbons (Fsp3) is 0.389. The SMILES string of the molecule is CC(C)c1nc(C2CCCN2c2nc(-c3ccc(F)cc3)cs2)no1.